The van der Waals surface area contributed by atoms with E-state index in [0.717, 1.165) is 18.7 Å². The summed E-state index contributed by atoms with van der Waals surface area (Å²) in [6.07, 6.45) is 3.60. The smallest absolute Gasteiger partial charge is 0.313 e. The van der Waals surface area contributed by atoms with E-state index in [1.54, 1.807) is 13.2 Å². The van der Waals surface area contributed by atoms with Gasteiger partial charge in [-0.25, -0.2) is 0 Å². The average molecular weight is 347 g/mol. The molecule has 1 aliphatic heterocycles. The lowest BCUT2D eigenvalue weighted by atomic mass is 10.0. The van der Waals surface area contributed by atoms with E-state index in [4.69, 9.17) is 4.74 Å². The minimum Gasteiger partial charge on any atom is -0.377 e. The lowest BCUT2D eigenvalue weighted by molar-refractivity contribution is -0.136. The molecule has 0 radical (unpaired) electrons. The first-order valence-electron chi connectivity index (χ1n) is 8.97. The second kappa shape index (κ2) is 9.53. The molecule has 0 unspecified atom stereocenters. The summed E-state index contributed by atoms with van der Waals surface area (Å²) in [5.41, 5.74) is 1.53. The number of methoxy groups -OCH3 is 1. The maximum Gasteiger partial charge on any atom is 0.313 e. The van der Waals surface area contributed by atoms with Gasteiger partial charge in [0, 0.05) is 31.9 Å². The van der Waals surface area contributed by atoms with Crippen LogP contribution >= 0.6 is 0 Å². The van der Waals surface area contributed by atoms with Gasteiger partial charge < -0.3 is 15.4 Å². The van der Waals surface area contributed by atoms with Crippen LogP contribution < -0.4 is 10.6 Å². The molecule has 6 nitrogen and oxygen atoms in total. The van der Waals surface area contributed by atoms with Gasteiger partial charge in [0.2, 0.25) is 0 Å². The number of benzene rings is 1. The first-order valence-corrected chi connectivity index (χ1v) is 8.97. The van der Waals surface area contributed by atoms with Gasteiger partial charge in [-0.2, -0.15) is 0 Å². The molecule has 0 saturated carbocycles. The minimum absolute atomic E-state index is 0.0720. The maximum atomic E-state index is 12.0. The van der Waals surface area contributed by atoms with Gasteiger partial charge in [0.15, 0.2) is 0 Å². The topological polar surface area (TPSA) is 70.7 Å². The Morgan fingerprint density at radius 2 is 2.12 bits per heavy atom. The van der Waals surface area contributed by atoms with Crippen LogP contribution in [0.1, 0.15) is 44.8 Å². The van der Waals surface area contributed by atoms with Crippen molar-refractivity contribution in [1.29, 1.82) is 0 Å². The highest BCUT2D eigenvalue weighted by Crippen LogP contribution is 2.19. The third-order valence-electron chi connectivity index (χ3n) is 4.80. The molecule has 1 aromatic rings. The van der Waals surface area contributed by atoms with Crippen molar-refractivity contribution in [2.24, 2.45) is 0 Å². The zero-order valence-electron chi connectivity index (χ0n) is 15.4. The first kappa shape index (κ1) is 19.4. The van der Waals surface area contributed by atoms with Crippen LogP contribution in [0.2, 0.25) is 0 Å². The summed E-state index contributed by atoms with van der Waals surface area (Å²) < 4.78 is 5.27. The molecule has 6 heteroatoms. The van der Waals surface area contributed by atoms with Gasteiger partial charge in [-0.15, -0.1) is 0 Å². The van der Waals surface area contributed by atoms with Gasteiger partial charge in [0.25, 0.3) is 0 Å². The molecular weight excluding hydrogens is 318 g/mol. The van der Waals surface area contributed by atoms with Crippen LogP contribution in [0.5, 0.6) is 0 Å². The second-order valence-electron chi connectivity index (χ2n) is 6.59. The third-order valence-corrected chi connectivity index (χ3v) is 4.80. The summed E-state index contributed by atoms with van der Waals surface area (Å²) in [6.45, 7) is 6.46. The normalized spacial score (nSPS) is 19.2. The monoisotopic (exact) mass is 347 g/mol. The number of nitrogens with one attached hydrogen (secondary N) is 2. The number of nitrogens with zero attached hydrogens (tertiary/aromatic N) is 1. The van der Waals surface area contributed by atoms with Crippen molar-refractivity contribution in [3.63, 3.8) is 0 Å². The van der Waals surface area contributed by atoms with E-state index < -0.39 is 11.8 Å². The predicted octanol–water partition coefficient (Wildman–Crippen LogP) is 2.32. The van der Waals surface area contributed by atoms with Crippen molar-refractivity contribution in [3.05, 3.63) is 29.8 Å². The number of ether oxygens (including phenoxy) is 1. The quantitative estimate of drug-likeness (QED) is 0.775. The molecule has 0 aliphatic carbocycles. The molecule has 1 saturated heterocycles. The number of carbonyl (C=O) groups is 2. The SMILES string of the molecule is CO[C@@H](C)c1cccc(NC(=O)C(=O)NCCN2CCCC[C@H]2C)c1. The molecule has 0 bridgehead atoms. The van der Waals surface area contributed by atoms with E-state index in [2.05, 4.69) is 22.5 Å². The molecule has 1 fully saturated rings. The Kier molecular flexibility index (Phi) is 7.40. The van der Waals surface area contributed by atoms with Crippen LogP contribution in [-0.4, -0.2) is 49.5 Å². The van der Waals surface area contributed by atoms with Gasteiger partial charge in [-0.3, -0.25) is 14.5 Å². The van der Waals surface area contributed by atoms with Crippen LogP contribution in [0.15, 0.2) is 24.3 Å². The Bertz CT molecular complexity index is 591. The molecule has 1 aliphatic rings. The number of likely N-dealkylation sites (tertiary alicyclic amines) is 1. The lowest BCUT2D eigenvalue weighted by Crippen LogP contribution is -2.44. The molecule has 2 atom stereocenters. The average Bonchev–Trinajstić information content (AvgIpc) is 2.62. The summed E-state index contributed by atoms with van der Waals surface area (Å²) in [5, 5.41) is 5.34. The van der Waals surface area contributed by atoms with Gasteiger partial charge in [0.05, 0.1) is 6.10 Å². The summed E-state index contributed by atoms with van der Waals surface area (Å²) >= 11 is 0. The number of amides is 2. The number of piperidine rings is 1. The summed E-state index contributed by atoms with van der Waals surface area (Å²) in [5.74, 6) is -1.25. The van der Waals surface area contributed by atoms with Crippen molar-refractivity contribution in [2.75, 3.05) is 32.1 Å². The maximum absolute atomic E-state index is 12.0. The molecule has 0 aromatic heterocycles. The molecule has 2 N–H and O–H groups in total. The summed E-state index contributed by atoms with van der Waals surface area (Å²) in [4.78, 5) is 26.4. The Hall–Kier alpha value is -1.92. The van der Waals surface area contributed by atoms with Crippen molar-refractivity contribution < 1.29 is 14.3 Å². The molecule has 1 aromatic carbocycles. The van der Waals surface area contributed by atoms with Crippen molar-refractivity contribution in [1.82, 2.24) is 10.2 Å². The van der Waals surface area contributed by atoms with Crippen molar-refractivity contribution >= 4 is 17.5 Å². The standard InChI is InChI=1S/C19H29N3O3/c1-14-7-4-5-11-22(14)12-10-20-18(23)19(24)21-17-9-6-8-16(13-17)15(2)25-3/h6,8-9,13-15H,4-5,7,10-12H2,1-3H3,(H,20,23)(H,21,24)/t14-,15+/m1/s1. The van der Waals surface area contributed by atoms with E-state index in [9.17, 15) is 9.59 Å². The number of carbonyl (C=O) groups excluding carboxylic acids is 2. The highest BCUT2D eigenvalue weighted by molar-refractivity contribution is 6.39. The molecule has 0 spiro atoms. The largest absolute Gasteiger partial charge is 0.377 e. The van der Waals surface area contributed by atoms with Crippen LogP contribution in [0.3, 0.4) is 0 Å². The number of hydrogen-bond acceptors (Lipinski definition) is 4. The fourth-order valence-electron chi connectivity index (χ4n) is 3.08. The predicted molar refractivity (Wildman–Crippen MR) is 98.4 cm³/mol. The third kappa shape index (κ3) is 5.83. The van der Waals surface area contributed by atoms with Crippen molar-refractivity contribution in [3.8, 4) is 0 Å². The Morgan fingerprint density at radius 1 is 1.32 bits per heavy atom. The highest BCUT2D eigenvalue weighted by Gasteiger charge is 2.19. The van der Waals surface area contributed by atoms with Crippen LogP contribution in [0, 0.1) is 0 Å². The van der Waals surface area contributed by atoms with Gasteiger partial charge >= 0.3 is 11.8 Å². The molecule has 138 valence electrons. The van der Waals surface area contributed by atoms with E-state index in [1.165, 1.54) is 19.3 Å². The Morgan fingerprint density at radius 3 is 2.84 bits per heavy atom. The van der Waals surface area contributed by atoms with Crippen LogP contribution in [0.25, 0.3) is 0 Å². The van der Waals surface area contributed by atoms with E-state index in [0.29, 0.717) is 18.3 Å². The summed E-state index contributed by atoms with van der Waals surface area (Å²) in [7, 11) is 1.63. The Labute approximate surface area is 149 Å². The Balaban J connectivity index is 1.79. The zero-order valence-corrected chi connectivity index (χ0v) is 15.4. The minimum atomic E-state index is -0.645. The molecule has 2 rings (SSSR count). The van der Waals surface area contributed by atoms with Gasteiger partial charge in [0.1, 0.15) is 0 Å². The van der Waals surface area contributed by atoms with Gasteiger partial charge in [-0.1, -0.05) is 18.6 Å². The highest BCUT2D eigenvalue weighted by atomic mass is 16.5. The van der Waals surface area contributed by atoms with E-state index in [1.807, 2.05) is 25.1 Å². The molecular formula is C19H29N3O3. The zero-order chi connectivity index (χ0) is 18.2. The van der Waals surface area contributed by atoms with Crippen molar-refractivity contribution in [2.45, 2.75) is 45.3 Å². The van der Waals surface area contributed by atoms with Crippen LogP contribution in [-0.2, 0) is 14.3 Å². The molecule has 25 heavy (non-hydrogen) atoms. The number of anilines is 1. The fourth-order valence-corrected chi connectivity index (χ4v) is 3.08. The second-order valence-corrected chi connectivity index (χ2v) is 6.59. The lowest BCUT2D eigenvalue weighted by Gasteiger charge is -2.33. The van der Waals surface area contributed by atoms with E-state index in [-0.39, 0.29) is 6.10 Å². The number of hydrogen-bond donors (Lipinski definition) is 2. The number of rotatable bonds is 6. The summed E-state index contributed by atoms with van der Waals surface area (Å²) in [6, 6.07) is 7.87. The molecule has 2 amide bonds. The van der Waals surface area contributed by atoms with Gasteiger partial charge in [-0.05, 0) is 50.9 Å². The van der Waals surface area contributed by atoms with Crippen LogP contribution in [0.4, 0.5) is 5.69 Å². The fraction of sp³-hybridized carbons (Fsp3) is 0.579. The molecule has 1 heterocycles. The van der Waals surface area contributed by atoms with E-state index >= 15 is 0 Å². The first-order chi connectivity index (χ1) is 12.0.